The van der Waals surface area contributed by atoms with Crippen molar-refractivity contribution in [1.82, 2.24) is 0 Å². The summed E-state index contributed by atoms with van der Waals surface area (Å²) in [6.45, 7) is 1.60. The smallest absolute Gasteiger partial charge is 0.193 e. The van der Waals surface area contributed by atoms with Crippen molar-refractivity contribution in [1.29, 1.82) is 0 Å². The van der Waals surface area contributed by atoms with Gasteiger partial charge in [-0.05, 0) is 19.1 Å². The Hall–Kier alpha value is -1.97. The summed E-state index contributed by atoms with van der Waals surface area (Å²) in [6, 6.07) is 3.36. The number of benzene rings is 1. The lowest BCUT2D eigenvalue weighted by atomic mass is 10.1. The van der Waals surface area contributed by atoms with Crippen molar-refractivity contribution in [2.75, 3.05) is 0 Å². The molecular weight excluding hydrogens is 199 g/mol. The van der Waals surface area contributed by atoms with Gasteiger partial charge in [0.25, 0.3) is 0 Å². The standard InChI is InChI=1S/C11H7FO3/c1-6-2-10(14)9-4-8(12)3-7(5-13)11(9)15-6/h2-5H,1H3. The van der Waals surface area contributed by atoms with Crippen LogP contribution in [0.5, 0.6) is 0 Å². The Morgan fingerprint density at radius 3 is 2.73 bits per heavy atom. The third kappa shape index (κ3) is 1.54. The molecule has 0 aliphatic heterocycles. The highest BCUT2D eigenvalue weighted by atomic mass is 19.1. The molecule has 2 aromatic rings. The van der Waals surface area contributed by atoms with Crippen LogP contribution in [0.25, 0.3) is 11.0 Å². The number of aldehydes is 1. The molecule has 0 saturated carbocycles. The summed E-state index contributed by atoms with van der Waals surface area (Å²) in [5.74, 6) is -0.233. The van der Waals surface area contributed by atoms with Gasteiger partial charge in [-0.1, -0.05) is 0 Å². The Bertz CT molecular complexity index is 599. The largest absolute Gasteiger partial charge is 0.460 e. The maximum Gasteiger partial charge on any atom is 0.193 e. The van der Waals surface area contributed by atoms with Crippen LogP contribution in [0.2, 0.25) is 0 Å². The number of carbonyl (C=O) groups excluding carboxylic acids is 1. The molecule has 1 aromatic carbocycles. The summed E-state index contributed by atoms with van der Waals surface area (Å²) in [6.07, 6.45) is 0.466. The molecule has 0 unspecified atom stereocenters. The van der Waals surface area contributed by atoms with E-state index in [9.17, 15) is 14.0 Å². The van der Waals surface area contributed by atoms with E-state index in [1.807, 2.05) is 0 Å². The molecule has 15 heavy (non-hydrogen) atoms. The van der Waals surface area contributed by atoms with E-state index in [2.05, 4.69) is 0 Å². The summed E-state index contributed by atoms with van der Waals surface area (Å²) in [5.41, 5.74) is -0.168. The van der Waals surface area contributed by atoms with Crippen LogP contribution in [0.3, 0.4) is 0 Å². The summed E-state index contributed by atoms with van der Waals surface area (Å²) >= 11 is 0. The van der Waals surface area contributed by atoms with Crippen molar-refractivity contribution >= 4 is 17.3 Å². The highest BCUT2D eigenvalue weighted by molar-refractivity contribution is 5.94. The number of fused-ring (bicyclic) bond motifs is 1. The molecule has 76 valence electrons. The first-order valence-corrected chi connectivity index (χ1v) is 4.31. The van der Waals surface area contributed by atoms with Gasteiger partial charge in [-0.15, -0.1) is 0 Å². The van der Waals surface area contributed by atoms with Gasteiger partial charge >= 0.3 is 0 Å². The summed E-state index contributed by atoms with van der Waals surface area (Å²) < 4.78 is 18.2. The van der Waals surface area contributed by atoms with Crippen molar-refractivity contribution in [3.8, 4) is 0 Å². The minimum Gasteiger partial charge on any atom is -0.460 e. The second kappa shape index (κ2) is 3.31. The van der Waals surface area contributed by atoms with Crippen molar-refractivity contribution in [3.63, 3.8) is 0 Å². The second-order valence-corrected chi connectivity index (χ2v) is 3.21. The number of carbonyl (C=O) groups is 1. The third-order valence-corrected chi connectivity index (χ3v) is 2.07. The lowest BCUT2D eigenvalue weighted by Crippen LogP contribution is -2.02. The molecule has 0 saturated heterocycles. The molecule has 0 fully saturated rings. The van der Waals surface area contributed by atoms with Crippen LogP contribution < -0.4 is 5.43 Å². The molecule has 4 heteroatoms. The highest BCUT2D eigenvalue weighted by Crippen LogP contribution is 2.17. The van der Waals surface area contributed by atoms with Crippen molar-refractivity contribution < 1.29 is 13.6 Å². The average molecular weight is 206 g/mol. The zero-order valence-electron chi connectivity index (χ0n) is 7.91. The first-order valence-electron chi connectivity index (χ1n) is 4.31. The minimum atomic E-state index is -0.624. The topological polar surface area (TPSA) is 47.3 Å². The Kier molecular flexibility index (Phi) is 2.11. The highest BCUT2D eigenvalue weighted by Gasteiger charge is 2.09. The maximum atomic E-state index is 13.0. The van der Waals surface area contributed by atoms with E-state index in [1.165, 1.54) is 6.07 Å². The molecule has 0 radical (unpaired) electrons. The number of aryl methyl sites for hydroxylation is 1. The molecule has 0 atom stereocenters. The van der Waals surface area contributed by atoms with Crippen molar-refractivity contribution in [2.45, 2.75) is 6.92 Å². The van der Waals surface area contributed by atoms with E-state index in [-0.39, 0.29) is 22.0 Å². The fourth-order valence-corrected chi connectivity index (χ4v) is 1.45. The van der Waals surface area contributed by atoms with Crippen molar-refractivity contribution in [2.24, 2.45) is 0 Å². The van der Waals surface area contributed by atoms with Gasteiger partial charge in [0.2, 0.25) is 0 Å². The quantitative estimate of drug-likeness (QED) is 0.671. The first kappa shape index (κ1) is 9.58. The fraction of sp³-hybridized carbons (Fsp3) is 0.0909. The molecule has 0 amide bonds. The van der Waals surface area contributed by atoms with E-state index in [4.69, 9.17) is 4.42 Å². The normalized spacial score (nSPS) is 10.5. The molecule has 0 bridgehead atoms. The van der Waals surface area contributed by atoms with Gasteiger partial charge in [-0.25, -0.2) is 4.39 Å². The Balaban J connectivity index is 3.02. The van der Waals surface area contributed by atoms with Crippen LogP contribution in [0, 0.1) is 12.7 Å². The SMILES string of the molecule is Cc1cc(=O)c2cc(F)cc(C=O)c2o1. The van der Waals surface area contributed by atoms with E-state index in [0.717, 1.165) is 12.1 Å². The van der Waals surface area contributed by atoms with Crippen LogP contribution in [0.15, 0.2) is 27.4 Å². The van der Waals surface area contributed by atoms with Crippen LogP contribution in [0.4, 0.5) is 4.39 Å². The van der Waals surface area contributed by atoms with E-state index in [1.54, 1.807) is 6.92 Å². The molecule has 0 spiro atoms. The van der Waals surface area contributed by atoms with Gasteiger partial charge in [0.05, 0.1) is 10.9 Å². The fourth-order valence-electron chi connectivity index (χ4n) is 1.45. The van der Waals surface area contributed by atoms with Crippen LogP contribution in [0.1, 0.15) is 16.1 Å². The molecule has 2 rings (SSSR count). The maximum absolute atomic E-state index is 13.0. The summed E-state index contributed by atoms with van der Waals surface area (Å²) in [7, 11) is 0. The molecule has 0 N–H and O–H groups in total. The number of hydrogen-bond acceptors (Lipinski definition) is 3. The van der Waals surface area contributed by atoms with Gasteiger partial charge in [0.1, 0.15) is 17.2 Å². The van der Waals surface area contributed by atoms with Crippen LogP contribution in [-0.4, -0.2) is 6.29 Å². The third-order valence-electron chi connectivity index (χ3n) is 2.07. The molecular formula is C11H7FO3. The van der Waals surface area contributed by atoms with Crippen LogP contribution >= 0.6 is 0 Å². The first-order chi connectivity index (χ1) is 7.11. The predicted molar refractivity (Wildman–Crippen MR) is 52.6 cm³/mol. The molecule has 0 aliphatic carbocycles. The molecule has 1 aromatic heterocycles. The average Bonchev–Trinajstić information content (AvgIpc) is 2.18. The lowest BCUT2D eigenvalue weighted by Gasteiger charge is -2.01. The Morgan fingerprint density at radius 2 is 2.07 bits per heavy atom. The van der Waals surface area contributed by atoms with E-state index >= 15 is 0 Å². The Labute approximate surface area is 84.1 Å². The van der Waals surface area contributed by atoms with Crippen molar-refractivity contribution in [3.05, 3.63) is 45.6 Å². The van der Waals surface area contributed by atoms with Gasteiger partial charge in [0, 0.05) is 6.07 Å². The predicted octanol–water partition coefficient (Wildman–Crippen LogP) is 2.05. The number of rotatable bonds is 1. The van der Waals surface area contributed by atoms with Crippen LogP contribution in [-0.2, 0) is 0 Å². The van der Waals surface area contributed by atoms with Gasteiger partial charge in [0.15, 0.2) is 11.7 Å². The van der Waals surface area contributed by atoms with Gasteiger partial charge in [-0.3, -0.25) is 9.59 Å². The molecule has 1 heterocycles. The monoisotopic (exact) mass is 206 g/mol. The molecule has 3 nitrogen and oxygen atoms in total. The van der Waals surface area contributed by atoms with Gasteiger partial charge in [-0.2, -0.15) is 0 Å². The number of hydrogen-bond donors (Lipinski definition) is 0. The number of halogens is 1. The Morgan fingerprint density at radius 1 is 1.33 bits per heavy atom. The zero-order chi connectivity index (χ0) is 11.0. The minimum absolute atomic E-state index is 0.0470. The summed E-state index contributed by atoms with van der Waals surface area (Å²) in [4.78, 5) is 22.1. The second-order valence-electron chi connectivity index (χ2n) is 3.21. The van der Waals surface area contributed by atoms with E-state index < -0.39 is 5.82 Å². The van der Waals surface area contributed by atoms with E-state index in [0.29, 0.717) is 12.0 Å². The van der Waals surface area contributed by atoms with Gasteiger partial charge < -0.3 is 4.42 Å². The zero-order valence-corrected chi connectivity index (χ0v) is 7.91. The summed E-state index contributed by atoms with van der Waals surface area (Å²) in [5, 5.41) is 0.0858. The lowest BCUT2D eigenvalue weighted by molar-refractivity contribution is 0.112. The molecule has 0 aliphatic rings.